The number of para-hydroxylation sites is 1. The standard InChI is InChI=1S/C21H24N2OS/c1-24-17-6-7-21-19(13-17)23(18-4-2-3-5-20(18)25-21)14-16-12-15-8-10-22(16)11-9-15/h2-7,13,15-16H,8-12,14H2,1H3. The van der Waals surface area contributed by atoms with Crippen LogP contribution in [-0.4, -0.2) is 37.7 Å². The first-order valence-corrected chi connectivity index (χ1v) is 10.1. The second kappa shape index (κ2) is 6.26. The minimum absolute atomic E-state index is 0.669. The first kappa shape index (κ1) is 15.6. The van der Waals surface area contributed by atoms with E-state index in [2.05, 4.69) is 52.3 Å². The molecule has 3 nitrogen and oxygen atoms in total. The largest absolute Gasteiger partial charge is 0.497 e. The molecule has 0 N–H and O–H groups in total. The van der Waals surface area contributed by atoms with Gasteiger partial charge in [0.1, 0.15) is 5.75 Å². The fraction of sp³-hybridized carbons (Fsp3) is 0.429. The summed E-state index contributed by atoms with van der Waals surface area (Å²) in [6.07, 6.45) is 4.14. The molecule has 2 aromatic carbocycles. The molecule has 0 radical (unpaired) electrons. The van der Waals surface area contributed by atoms with Crippen molar-refractivity contribution in [2.24, 2.45) is 5.92 Å². The molecule has 1 atom stereocenters. The predicted octanol–water partition coefficient (Wildman–Crippen LogP) is 4.78. The van der Waals surface area contributed by atoms with Crippen LogP contribution in [0.25, 0.3) is 0 Å². The zero-order valence-corrected chi connectivity index (χ0v) is 15.5. The van der Waals surface area contributed by atoms with Crippen molar-refractivity contribution in [3.8, 4) is 5.75 Å². The van der Waals surface area contributed by atoms with Gasteiger partial charge in [-0.15, -0.1) is 0 Å². The Morgan fingerprint density at radius 2 is 1.84 bits per heavy atom. The Morgan fingerprint density at radius 1 is 1.04 bits per heavy atom. The zero-order chi connectivity index (χ0) is 16.8. The minimum atomic E-state index is 0.669. The van der Waals surface area contributed by atoms with Crippen LogP contribution in [-0.2, 0) is 0 Å². The van der Waals surface area contributed by atoms with Gasteiger partial charge in [0.2, 0.25) is 0 Å². The van der Waals surface area contributed by atoms with Crippen molar-refractivity contribution in [3.05, 3.63) is 42.5 Å². The van der Waals surface area contributed by atoms with Gasteiger partial charge >= 0.3 is 0 Å². The molecular weight excluding hydrogens is 328 g/mol. The Kier molecular flexibility index (Phi) is 3.90. The molecule has 0 saturated carbocycles. The van der Waals surface area contributed by atoms with Crippen molar-refractivity contribution in [2.45, 2.75) is 35.1 Å². The summed E-state index contributed by atoms with van der Waals surface area (Å²) in [5.41, 5.74) is 2.64. The van der Waals surface area contributed by atoms with Gasteiger partial charge in [-0.1, -0.05) is 23.9 Å². The lowest BCUT2D eigenvalue weighted by Crippen LogP contribution is -2.52. The highest BCUT2D eigenvalue weighted by Gasteiger charge is 2.36. The van der Waals surface area contributed by atoms with E-state index in [4.69, 9.17) is 4.74 Å². The molecule has 1 unspecified atom stereocenters. The van der Waals surface area contributed by atoms with E-state index >= 15 is 0 Å². The maximum absolute atomic E-state index is 5.51. The number of fused-ring (bicyclic) bond motifs is 5. The third-order valence-corrected chi connectivity index (χ3v) is 7.13. The van der Waals surface area contributed by atoms with Gasteiger partial charge in [-0.25, -0.2) is 0 Å². The summed E-state index contributed by atoms with van der Waals surface area (Å²) in [4.78, 5) is 7.94. The fourth-order valence-corrected chi connectivity index (χ4v) is 5.70. The number of hydrogen-bond donors (Lipinski definition) is 0. The average Bonchev–Trinajstić information content (AvgIpc) is 2.68. The number of nitrogens with zero attached hydrogens (tertiary/aromatic N) is 2. The van der Waals surface area contributed by atoms with Gasteiger partial charge in [0.25, 0.3) is 0 Å². The summed E-state index contributed by atoms with van der Waals surface area (Å²) in [5, 5.41) is 0. The molecule has 0 aromatic heterocycles. The van der Waals surface area contributed by atoms with Crippen LogP contribution in [0.3, 0.4) is 0 Å². The number of benzene rings is 2. The average molecular weight is 353 g/mol. The Hall–Kier alpha value is -1.65. The van der Waals surface area contributed by atoms with E-state index in [9.17, 15) is 0 Å². The van der Waals surface area contributed by atoms with Gasteiger partial charge < -0.3 is 9.64 Å². The van der Waals surface area contributed by atoms with Crippen molar-refractivity contribution in [1.29, 1.82) is 0 Å². The molecule has 0 aliphatic carbocycles. The first-order valence-electron chi connectivity index (χ1n) is 9.28. The molecule has 4 aliphatic heterocycles. The maximum atomic E-state index is 5.51. The normalized spacial score (nSPS) is 26.9. The van der Waals surface area contributed by atoms with Crippen molar-refractivity contribution in [3.63, 3.8) is 0 Å². The quantitative estimate of drug-likeness (QED) is 0.789. The van der Waals surface area contributed by atoms with E-state index in [1.807, 2.05) is 11.8 Å². The van der Waals surface area contributed by atoms with Gasteiger partial charge in [0.05, 0.1) is 18.5 Å². The molecule has 3 saturated heterocycles. The number of ether oxygens (including phenoxy) is 1. The van der Waals surface area contributed by atoms with Crippen LogP contribution >= 0.6 is 11.8 Å². The number of rotatable bonds is 3. The highest BCUT2D eigenvalue weighted by molar-refractivity contribution is 7.99. The van der Waals surface area contributed by atoms with Gasteiger partial charge in [-0.05, 0) is 62.5 Å². The summed E-state index contributed by atoms with van der Waals surface area (Å²) in [6, 6.07) is 16.0. The maximum Gasteiger partial charge on any atom is 0.121 e. The molecule has 130 valence electrons. The minimum Gasteiger partial charge on any atom is -0.497 e. The molecule has 4 heteroatoms. The van der Waals surface area contributed by atoms with Crippen LogP contribution in [0.5, 0.6) is 5.75 Å². The van der Waals surface area contributed by atoms with Crippen molar-refractivity contribution < 1.29 is 4.74 Å². The second-order valence-electron chi connectivity index (χ2n) is 7.38. The molecular formula is C21H24N2OS. The van der Waals surface area contributed by atoms with Crippen LogP contribution in [0.15, 0.2) is 52.3 Å². The Balaban J connectivity index is 1.53. The molecule has 4 aliphatic rings. The monoisotopic (exact) mass is 352 g/mol. The van der Waals surface area contributed by atoms with Crippen LogP contribution in [0.4, 0.5) is 11.4 Å². The van der Waals surface area contributed by atoms with E-state index < -0.39 is 0 Å². The first-order chi connectivity index (χ1) is 12.3. The third kappa shape index (κ3) is 2.72. The molecule has 3 fully saturated rings. The molecule has 0 spiro atoms. The second-order valence-corrected chi connectivity index (χ2v) is 8.47. The summed E-state index contributed by atoms with van der Waals surface area (Å²) in [5.74, 6) is 1.88. The Bertz CT molecular complexity index is 785. The van der Waals surface area contributed by atoms with E-state index in [1.54, 1.807) is 7.11 Å². The molecule has 2 aromatic rings. The number of hydrogen-bond acceptors (Lipinski definition) is 4. The lowest BCUT2D eigenvalue weighted by molar-refractivity contribution is 0.0541. The summed E-state index contributed by atoms with van der Waals surface area (Å²) in [6.45, 7) is 3.64. The SMILES string of the molecule is COc1ccc2c(c1)N(CC1CC3CCN1CC3)c1ccccc1S2. The molecule has 2 bridgehead atoms. The van der Waals surface area contributed by atoms with Gasteiger partial charge in [0.15, 0.2) is 0 Å². The highest BCUT2D eigenvalue weighted by Crippen LogP contribution is 2.49. The van der Waals surface area contributed by atoms with Crippen LogP contribution in [0.2, 0.25) is 0 Å². The van der Waals surface area contributed by atoms with Gasteiger partial charge in [0, 0.05) is 28.4 Å². The Morgan fingerprint density at radius 3 is 2.60 bits per heavy atom. The van der Waals surface area contributed by atoms with Crippen LogP contribution in [0.1, 0.15) is 19.3 Å². The lowest BCUT2D eigenvalue weighted by Gasteiger charge is -2.48. The van der Waals surface area contributed by atoms with Crippen LogP contribution in [0, 0.1) is 5.92 Å². The predicted molar refractivity (Wildman–Crippen MR) is 103 cm³/mol. The molecule has 4 heterocycles. The van der Waals surface area contributed by atoms with Gasteiger partial charge in [-0.2, -0.15) is 0 Å². The number of anilines is 2. The summed E-state index contributed by atoms with van der Waals surface area (Å²) in [7, 11) is 1.75. The summed E-state index contributed by atoms with van der Waals surface area (Å²) < 4.78 is 5.51. The van der Waals surface area contributed by atoms with Gasteiger partial charge in [-0.3, -0.25) is 4.90 Å². The van der Waals surface area contributed by atoms with Crippen LogP contribution < -0.4 is 9.64 Å². The van der Waals surface area contributed by atoms with E-state index in [1.165, 1.54) is 53.5 Å². The van der Waals surface area contributed by atoms with E-state index in [-0.39, 0.29) is 0 Å². The molecule has 25 heavy (non-hydrogen) atoms. The van der Waals surface area contributed by atoms with E-state index in [0.717, 1.165) is 18.2 Å². The van der Waals surface area contributed by atoms with Crippen molar-refractivity contribution >= 4 is 23.1 Å². The molecule has 6 rings (SSSR count). The summed E-state index contributed by atoms with van der Waals surface area (Å²) >= 11 is 1.87. The van der Waals surface area contributed by atoms with Crippen molar-refractivity contribution in [1.82, 2.24) is 4.90 Å². The lowest BCUT2D eigenvalue weighted by atomic mass is 9.83. The third-order valence-electron chi connectivity index (χ3n) is 6.00. The fourth-order valence-electron chi connectivity index (χ4n) is 4.62. The highest BCUT2D eigenvalue weighted by atomic mass is 32.2. The molecule has 0 amide bonds. The van der Waals surface area contributed by atoms with E-state index in [0.29, 0.717) is 6.04 Å². The zero-order valence-electron chi connectivity index (χ0n) is 14.6. The Labute approximate surface area is 154 Å². The topological polar surface area (TPSA) is 15.7 Å². The number of methoxy groups -OCH3 is 1. The smallest absolute Gasteiger partial charge is 0.121 e. The number of piperidine rings is 3. The van der Waals surface area contributed by atoms with Crippen molar-refractivity contribution in [2.75, 3.05) is 31.6 Å².